The van der Waals surface area contributed by atoms with Crippen molar-refractivity contribution >= 4 is 51.1 Å². The van der Waals surface area contributed by atoms with E-state index in [9.17, 15) is 4.79 Å². The van der Waals surface area contributed by atoms with Crippen LogP contribution in [0.2, 0.25) is 5.02 Å². The molecule has 0 atom stereocenters. The number of nitrogens with one attached hydrogen (secondary N) is 1. The molecular formula is C20H18ClN3O2S. The molecule has 0 unspecified atom stereocenters. The van der Waals surface area contributed by atoms with Gasteiger partial charge in [-0.25, -0.2) is 4.98 Å². The number of imidazole rings is 1. The Hall–Kier alpha value is -2.28. The summed E-state index contributed by atoms with van der Waals surface area (Å²) in [4.78, 5) is 20.6. The highest BCUT2D eigenvalue weighted by molar-refractivity contribution is 7.99. The van der Waals surface area contributed by atoms with Crippen LogP contribution >= 0.6 is 23.4 Å². The number of carbonyl (C=O) groups excluding carboxylic acids is 1. The van der Waals surface area contributed by atoms with E-state index in [2.05, 4.69) is 14.5 Å². The van der Waals surface area contributed by atoms with E-state index in [1.54, 1.807) is 13.3 Å². The van der Waals surface area contributed by atoms with Gasteiger partial charge in [0.05, 0.1) is 23.4 Å². The highest BCUT2D eigenvalue weighted by atomic mass is 35.5. The number of hydrogen-bond acceptors (Lipinski definition) is 4. The van der Waals surface area contributed by atoms with Crippen LogP contribution in [0.25, 0.3) is 21.9 Å². The number of H-pyrrole nitrogens is 1. The normalized spacial score (nSPS) is 11.5. The zero-order valence-electron chi connectivity index (χ0n) is 14.7. The molecule has 5 nitrogen and oxygen atoms in total. The van der Waals surface area contributed by atoms with Crippen LogP contribution in [-0.2, 0) is 11.3 Å². The Kier molecular flexibility index (Phi) is 5.20. The highest BCUT2D eigenvalue weighted by Gasteiger charge is 2.16. The zero-order valence-corrected chi connectivity index (χ0v) is 16.3. The van der Waals surface area contributed by atoms with E-state index in [4.69, 9.17) is 16.3 Å². The molecule has 2 aromatic heterocycles. The monoisotopic (exact) mass is 399 g/mol. The molecule has 0 aliphatic carbocycles. The minimum atomic E-state index is 0.0702. The SMILES string of the molecule is COCCn1c(SCC(=O)c2c[nH]c3ccccc23)nc2cc(Cl)ccc21. The van der Waals surface area contributed by atoms with Crippen molar-refractivity contribution in [3.8, 4) is 0 Å². The second-order valence-electron chi connectivity index (χ2n) is 6.13. The minimum Gasteiger partial charge on any atom is -0.383 e. The van der Waals surface area contributed by atoms with E-state index in [0.29, 0.717) is 29.5 Å². The summed E-state index contributed by atoms with van der Waals surface area (Å²) in [6.45, 7) is 1.23. The van der Waals surface area contributed by atoms with Crippen molar-refractivity contribution in [1.82, 2.24) is 14.5 Å². The third kappa shape index (κ3) is 3.60. The molecule has 1 N–H and O–H groups in total. The van der Waals surface area contributed by atoms with Gasteiger partial charge in [-0.15, -0.1) is 0 Å². The number of aromatic amines is 1. The van der Waals surface area contributed by atoms with Crippen LogP contribution in [0.3, 0.4) is 0 Å². The number of methoxy groups -OCH3 is 1. The predicted octanol–water partition coefficient (Wildman–Crippen LogP) is 4.79. The Balaban J connectivity index is 1.60. The molecule has 138 valence electrons. The summed E-state index contributed by atoms with van der Waals surface area (Å²) in [5.74, 6) is 0.382. The number of benzene rings is 2. The molecule has 0 saturated heterocycles. The number of fused-ring (bicyclic) bond motifs is 2. The van der Waals surface area contributed by atoms with E-state index >= 15 is 0 Å². The average Bonchev–Trinajstić information content (AvgIpc) is 3.25. The lowest BCUT2D eigenvalue weighted by Gasteiger charge is -2.08. The molecule has 27 heavy (non-hydrogen) atoms. The Labute approximate surface area is 165 Å². The molecular weight excluding hydrogens is 382 g/mol. The molecule has 2 aromatic carbocycles. The number of rotatable bonds is 7. The third-order valence-electron chi connectivity index (χ3n) is 4.42. The first kappa shape index (κ1) is 18.1. The fraction of sp³-hybridized carbons (Fsp3) is 0.200. The van der Waals surface area contributed by atoms with Gasteiger partial charge in [0.25, 0.3) is 0 Å². The summed E-state index contributed by atoms with van der Waals surface area (Å²) < 4.78 is 7.29. The molecule has 7 heteroatoms. The molecule has 2 heterocycles. The number of carbonyl (C=O) groups is 1. The summed E-state index contributed by atoms with van der Waals surface area (Å²) >= 11 is 7.53. The number of nitrogens with zero attached hydrogens (tertiary/aromatic N) is 2. The zero-order chi connectivity index (χ0) is 18.8. The lowest BCUT2D eigenvalue weighted by molar-refractivity contribution is 0.102. The van der Waals surface area contributed by atoms with Gasteiger partial charge in [-0.3, -0.25) is 4.79 Å². The Morgan fingerprint density at radius 3 is 3.00 bits per heavy atom. The van der Waals surface area contributed by atoms with Crippen LogP contribution in [0.5, 0.6) is 0 Å². The number of hydrogen-bond donors (Lipinski definition) is 1. The van der Waals surface area contributed by atoms with Crippen molar-refractivity contribution in [2.24, 2.45) is 0 Å². The fourth-order valence-corrected chi connectivity index (χ4v) is 4.19. The third-order valence-corrected chi connectivity index (χ3v) is 5.63. The standard InChI is InChI=1S/C20H18ClN3O2S/c1-26-9-8-24-18-7-6-13(21)10-17(18)23-20(24)27-12-19(25)15-11-22-16-5-3-2-4-14(15)16/h2-7,10-11,22H,8-9,12H2,1H3. The van der Waals surface area contributed by atoms with E-state index in [1.165, 1.54) is 11.8 Å². The van der Waals surface area contributed by atoms with Gasteiger partial charge in [-0.05, 0) is 24.3 Å². The first-order valence-electron chi connectivity index (χ1n) is 8.54. The number of halogens is 1. The van der Waals surface area contributed by atoms with Crippen molar-refractivity contribution in [3.05, 3.63) is 59.2 Å². The maximum Gasteiger partial charge on any atom is 0.175 e. The van der Waals surface area contributed by atoms with Crippen LogP contribution in [0, 0.1) is 0 Å². The second-order valence-corrected chi connectivity index (χ2v) is 7.51. The van der Waals surface area contributed by atoms with Gasteiger partial charge < -0.3 is 14.3 Å². The number of ether oxygens (including phenoxy) is 1. The van der Waals surface area contributed by atoms with E-state index in [1.807, 2.05) is 42.5 Å². The summed E-state index contributed by atoms with van der Waals surface area (Å²) in [7, 11) is 1.67. The molecule has 4 aromatic rings. The minimum absolute atomic E-state index is 0.0702. The molecule has 0 bridgehead atoms. The summed E-state index contributed by atoms with van der Waals surface area (Å²) in [6.07, 6.45) is 1.78. The van der Waals surface area contributed by atoms with Crippen LogP contribution in [0.4, 0.5) is 0 Å². The number of para-hydroxylation sites is 1. The number of thioether (sulfide) groups is 1. The quantitative estimate of drug-likeness (QED) is 0.358. The fourth-order valence-electron chi connectivity index (χ4n) is 3.10. The van der Waals surface area contributed by atoms with E-state index in [-0.39, 0.29) is 5.78 Å². The van der Waals surface area contributed by atoms with Crippen molar-refractivity contribution in [1.29, 1.82) is 0 Å². The van der Waals surface area contributed by atoms with Gasteiger partial charge in [0.15, 0.2) is 10.9 Å². The van der Waals surface area contributed by atoms with Crippen LogP contribution in [0.15, 0.2) is 53.8 Å². The molecule has 0 spiro atoms. The van der Waals surface area contributed by atoms with Crippen molar-refractivity contribution < 1.29 is 9.53 Å². The van der Waals surface area contributed by atoms with Crippen LogP contribution in [0.1, 0.15) is 10.4 Å². The Bertz CT molecular complexity index is 1120. The molecule has 0 fully saturated rings. The lowest BCUT2D eigenvalue weighted by Crippen LogP contribution is -2.07. The van der Waals surface area contributed by atoms with Gasteiger partial charge in [0.1, 0.15) is 0 Å². The van der Waals surface area contributed by atoms with E-state index < -0.39 is 0 Å². The Morgan fingerprint density at radius 1 is 1.30 bits per heavy atom. The van der Waals surface area contributed by atoms with Crippen LogP contribution < -0.4 is 0 Å². The second kappa shape index (κ2) is 7.76. The van der Waals surface area contributed by atoms with Gasteiger partial charge >= 0.3 is 0 Å². The lowest BCUT2D eigenvalue weighted by atomic mass is 10.1. The van der Waals surface area contributed by atoms with Crippen LogP contribution in [-0.4, -0.2) is 39.8 Å². The van der Waals surface area contributed by atoms with Crippen molar-refractivity contribution in [2.75, 3.05) is 19.5 Å². The van der Waals surface area contributed by atoms with Gasteiger partial charge in [0, 0.05) is 41.3 Å². The molecule has 0 aliphatic rings. The molecule has 0 amide bonds. The average molecular weight is 400 g/mol. The van der Waals surface area contributed by atoms with Crippen molar-refractivity contribution in [2.45, 2.75) is 11.7 Å². The molecule has 0 saturated carbocycles. The predicted molar refractivity (Wildman–Crippen MR) is 110 cm³/mol. The van der Waals surface area contributed by atoms with E-state index in [0.717, 1.165) is 27.1 Å². The first-order valence-corrected chi connectivity index (χ1v) is 9.90. The largest absolute Gasteiger partial charge is 0.383 e. The summed E-state index contributed by atoms with van der Waals surface area (Å²) in [6, 6.07) is 13.4. The van der Waals surface area contributed by atoms with Gasteiger partial charge in [-0.2, -0.15) is 0 Å². The summed E-state index contributed by atoms with van der Waals surface area (Å²) in [5.41, 5.74) is 3.48. The molecule has 0 aliphatic heterocycles. The highest BCUT2D eigenvalue weighted by Crippen LogP contribution is 2.28. The molecule has 4 rings (SSSR count). The Morgan fingerprint density at radius 2 is 2.15 bits per heavy atom. The maximum atomic E-state index is 12.8. The number of aromatic nitrogens is 3. The first-order chi connectivity index (χ1) is 13.2. The smallest absolute Gasteiger partial charge is 0.175 e. The van der Waals surface area contributed by atoms with Crippen molar-refractivity contribution in [3.63, 3.8) is 0 Å². The van der Waals surface area contributed by atoms with Gasteiger partial charge in [0.2, 0.25) is 0 Å². The van der Waals surface area contributed by atoms with Gasteiger partial charge in [-0.1, -0.05) is 41.6 Å². The molecule has 0 radical (unpaired) electrons. The number of ketones is 1. The summed E-state index contributed by atoms with van der Waals surface area (Å²) in [5, 5.41) is 2.38. The topological polar surface area (TPSA) is 59.9 Å². The number of Topliss-reactive ketones (excluding diaryl/α,β-unsaturated/α-hetero) is 1. The maximum absolute atomic E-state index is 12.8.